The number of rotatable bonds is 9. The van der Waals surface area contributed by atoms with Gasteiger partial charge in [-0.3, -0.25) is 9.36 Å². The second-order valence-electron chi connectivity index (χ2n) is 10.5. The van der Waals surface area contributed by atoms with Crippen molar-refractivity contribution in [1.82, 2.24) is 9.13 Å². The second-order valence-corrected chi connectivity index (χ2v) is 11.5. The normalized spacial score (nSPS) is 14.6. The first-order chi connectivity index (χ1) is 21.8. The summed E-state index contributed by atoms with van der Waals surface area (Å²) in [4.78, 5) is 32.2. The fourth-order valence-electron chi connectivity index (χ4n) is 5.73. The molecule has 0 saturated carbocycles. The molecule has 0 radical (unpaired) electrons. The number of benzene rings is 3. The highest BCUT2D eigenvalue weighted by molar-refractivity contribution is 7.07. The van der Waals surface area contributed by atoms with Crippen LogP contribution in [0.2, 0.25) is 0 Å². The van der Waals surface area contributed by atoms with Crippen molar-refractivity contribution in [2.75, 3.05) is 20.3 Å². The van der Waals surface area contributed by atoms with E-state index < -0.39 is 12.0 Å². The first-order valence-electron chi connectivity index (χ1n) is 14.7. The van der Waals surface area contributed by atoms with Crippen LogP contribution in [0, 0.1) is 12.7 Å². The maximum absolute atomic E-state index is 14.2. The molecule has 0 spiro atoms. The molecule has 0 aliphatic carbocycles. The Kier molecular flexibility index (Phi) is 8.40. The van der Waals surface area contributed by atoms with Crippen molar-refractivity contribution >= 4 is 34.3 Å². The van der Waals surface area contributed by atoms with E-state index in [9.17, 15) is 14.0 Å². The second kappa shape index (κ2) is 12.6. The minimum absolute atomic E-state index is 0.232. The third kappa shape index (κ3) is 5.57. The molecule has 0 amide bonds. The molecule has 230 valence electrons. The van der Waals surface area contributed by atoms with Crippen LogP contribution < -0.4 is 24.4 Å². The Hall–Kier alpha value is -4.96. The number of nitrogens with zero attached hydrogens (tertiary/aromatic N) is 3. The maximum atomic E-state index is 14.2. The summed E-state index contributed by atoms with van der Waals surface area (Å²) in [7, 11) is 1.31. The Morgan fingerprint density at radius 2 is 1.76 bits per heavy atom. The van der Waals surface area contributed by atoms with Crippen LogP contribution in [0.25, 0.3) is 17.0 Å². The standard InChI is InChI=1S/C35H32FN3O5S/c1-5-43-29-16-13-23(17-30(29)44-6-2)32-27(34(41)42-4)19-37-35-39(32)33(40)31(45-35)18-26-21(3)38(28-10-8-7-9-25(26)28)20-22-11-14-24(36)15-12-22/h7-19,32H,5-6,20H2,1-4H3/b31-18+/t32-/m1/s1. The number of thiazole rings is 1. The molecule has 3 heterocycles. The van der Waals surface area contributed by atoms with Gasteiger partial charge in [0.1, 0.15) is 5.82 Å². The summed E-state index contributed by atoms with van der Waals surface area (Å²) in [6.45, 7) is 7.21. The number of ether oxygens (including phenoxy) is 3. The molecule has 2 aromatic heterocycles. The third-order valence-electron chi connectivity index (χ3n) is 7.82. The Morgan fingerprint density at radius 3 is 2.49 bits per heavy atom. The lowest BCUT2D eigenvalue weighted by molar-refractivity contribution is -0.136. The minimum atomic E-state index is -0.786. The summed E-state index contributed by atoms with van der Waals surface area (Å²) in [5, 5.41) is 0.989. The molecule has 0 bridgehead atoms. The molecular formula is C35H32FN3O5S. The molecule has 0 unspecified atom stereocenters. The van der Waals surface area contributed by atoms with Crippen LogP contribution in [0.4, 0.5) is 4.39 Å². The Labute approximate surface area is 262 Å². The first kappa shape index (κ1) is 30.1. The van der Waals surface area contributed by atoms with Crippen LogP contribution in [0.3, 0.4) is 0 Å². The lowest BCUT2D eigenvalue weighted by Gasteiger charge is -2.23. The zero-order valence-corrected chi connectivity index (χ0v) is 26.2. The van der Waals surface area contributed by atoms with E-state index in [2.05, 4.69) is 9.56 Å². The van der Waals surface area contributed by atoms with E-state index in [0.717, 1.165) is 27.7 Å². The van der Waals surface area contributed by atoms with Crippen LogP contribution in [-0.4, -0.2) is 35.4 Å². The summed E-state index contributed by atoms with van der Waals surface area (Å²) >= 11 is 1.26. The molecule has 1 aliphatic heterocycles. The van der Waals surface area contributed by atoms with Crippen molar-refractivity contribution in [2.24, 2.45) is 4.99 Å². The third-order valence-corrected chi connectivity index (χ3v) is 8.81. The number of carbonyl (C=O) groups is 1. The van der Waals surface area contributed by atoms with Gasteiger partial charge in [-0.2, -0.15) is 0 Å². The highest BCUT2D eigenvalue weighted by Gasteiger charge is 2.31. The van der Waals surface area contributed by atoms with E-state index in [-0.39, 0.29) is 16.9 Å². The van der Waals surface area contributed by atoms with E-state index in [4.69, 9.17) is 14.2 Å². The molecule has 0 saturated heterocycles. The molecule has 10 heteroatoms. The molecule has 0 fully saturated rings. The highest BCUT2D eigenvalue weighted by Crippen LogP contribution is 2.35. The molecular weight excluding hydrogens is 593 g/mol. The van der Waals surface area contributed by atoms with Gasteiger partial charge in [0, 0.05) is 34.9 Å². The predicted octanol–water partition coefficient (Wildman–Crippen LogP) is 5.27. The average Bonchev–Trinajstić information content (AvgIpc) is 3.51. The van der Waals surface area contributed by atoms with E-state index >= 15 is 0 Å². The number of carbonyl (C=O) groups excluding carboxylic acids is 1. The lowest BCUT2D eigenvalue weighted by atomic mass is 9.97. The van der Waals surface area contributed by atoms with Gasteiger partial charge >= 0.3 is 5.97 Å². The van der Waals surface area contributed by atoms with Crippen molar-refractivity contribution < 1.29 is 23.4 Å². The number of aromatic nitrogens is 2. The van der Waals surface area contributed by atoms with Gasteiger partial charge in [0.2, 0.25) is 0 Å². The summed E-state index contributed by atoms with van der Waals surface area (Å²) in [5.74, 6) is 0.234. The molecule has 3 aromatic carbocycles. The smallest absolute Gasteiger partial charge is 0.337 e. The highest BCUT2D eigenvalue weighted by atomic mass is 32.1. The van der Waals surface area contributed by atoms with Crippen molar-refractivity contribution in [3.05, 3.63) is 126 Å². The van der Waals surface area contributed by atoms with Crippen LogP contribution in [0.1, 0.15) is 42.3 Å². The largest absolute Gasteiger partial charge is 0.490 e. The predicted molar refractivity (Wildman–Crippen MR) is 172 cm³/mol. The van der Waals surface area contributed by atoms with E-state index in [1.807, 2.05) is 57.2 Å². The fourth-order valence-corrected chi connectivity index (χ4v) is 6.69. The van der Waals surface area contributed by atoms with Crippen LogP contribution in [0.15, 0.2) is 88.3 Å². The minimum Gasteiger partial charge on any atom is -0.490 e. The Bertz CT molecular complexity index is 2130. The Balaban J connectivity index is 1.51. The molecule has 8 nitrogen and oxygen atoms in total. The van der Waals surface area contributed by atoms with Crippen molar-refractivity contribution in [1.29, 1.82) is 0 Å². The topological polar surface area (TPSA) is 84.0 Å². The van der Waals surface area contributed by atoms with Crippen LogP contribution in [-0.2, 0) is 16.1 Å². The van der Waals surface area contributed by atoms with Crippen LogP contribution in [0.5, 0.6) is 11.5 Å². The van der Waals surface area contributed by atoms with Crippen LogP contribution >= 0.6 is 11.3 Å². The van der Waals surface area contributed by atoms with Gasteiger partial charge in [-0.1, -0.05) is 47.7 Å². The fraction of sp³-hybridized carbons (Fsp3) is 0.229. The van der Waals surface area contributed by atoms with Gasteiger partial charge < -0.3 is 18.8 Å². The molecule has 5 aromatic rings. The van der Waals surface area contributed by atoms with Crippen molar-refractivity contribution in [3.63, 3.8) is 0 Å². The maximum Gasteiger partial charge on any atom is 0.337 e. The quantitative estimate of drug-likeness (QED) is 0.209. The van der Waals surface area contributed by atoms with Crippen molar-refractivity contribution in [2.45, 2.75) is 33.4 Å². The zero-order valence-electron chi connectivity index (χ0n) is 25.4. The SMILES string of the molecule is CCOc1ccc([C@@H]2C(C(=O)OC)=CN=c3s/c(=C/c4c(C)n(Cc5ccc(F)cc5)c5ccccc45)c(=O)n32)cc1OCC. The van der Waals surface area contributed by atoms with Gasteiger partial charge in [-0.05, 0) is 68.3 Å². The summed E-state index contributed by atoms with van der Waals surface area (Å²) in [6.07, 6.45) is 3.37. The summed E-state index contributed by atoms with van der Waals surface area (Å²) in [6, 6.07) is 19.1. The van der Waals surface area contributed by atoms with Crippen molar-refractivity contribution in [3.8, 4) is 11.5 Å². The summed E-state index contributed by atoms with van der Waals surface area (Å²) in [5.41, 5.74) is 4.45. The molecule has 45 heavy (non-hydrogen) atoms. The monoisotopic (exact) mass is 625 g/mol. The van der Waals surface area contributed by atoms with Gasteiger partial charge in [0.05, 0.1) is 36.5 Å². The number of hydrogen-bond donors (Lipinski definition) is 0. The number of fused-ring (bicyclic) bond motifs is 2. The number of halogens is 1. The molecule has 1 aliphatic rings. The number of methoxy groups -OCH3 is 1. The zero-order chi connectivity index (χ0) is 31.7. The van der Waals surface area contributed by atoms with E-state index in [0.29, 0.717) is 46.2 Å². The van der Waals surface area contributed by atoms with Gasteiger partial charge in [0.15, 0.2) is 16.3 Å². The molecule has 1 atom stereocenters. The average molecular weight is 626 g/mol. The molecule has 6 rings (SSSR count). The lowest BCUT2D eigenvalue weighted by Crippen LogP contribution is -2.39. The van der Waals surface area contributed by atoms with Gasteiger partial charge in [0.25, 0.3) is 5.56 Å². The summed E-state index contributed by atoms with van der Waals surface area (Å²) < 4.78 is 34.4. The van der Waals surface area contributed by atoms with Gasteiger partial charge in [-0.25, -0.2) is 14.2 Å². The van der Waals surface area contributed by atoms with E-state index in [1.165, 1.54) is 36.8 Å². The number of para-hydroxylation sites is 1. The van der Waals surface area contributed by atoms with E-state index in [1.54, 1.807) is 28.8 Å². The first-order valence-corrected chi connectivity index (χ1v) is 15.5. The number of esters is 1. The molecule has 0 N–H and O–H groups in total. The number of hydrogen-bond acceptors (Lipinski definition) is 7. The van der Waals surface area contributed by atoms with Gasteiger partial charge in [-0.15, -0.1) is 0 Å². The Morgan fingerprint density at radius 1 is 1.02 bits per heavy atom.